The van der Waals surface area contributed by atoms with Gasteiger partial charge in [0.2, 0.25) is 0 Å². The number of hydrogen-bond acceptors (Lipinski definition) is 4. The third kappa shape index (κ3) is 1.25. The van der Waals surface area contributed by atoms with E-state index in [2.05, 4.69) is 20.9 Å². The van der Waals surface area contributed by atoms with Crippen LogP contribution in [0.5, 0.6) is 0 Å². The summed E-state index contributed by atoms with van der Waals surface area (Å²) in [6.45, 7) is 0. The van der Waals surface area contributed by atoms with Crippen molar-refractivity contribution in [2.45, 2.75) is 24.7 Å². The number of hydrogen-bond donors (Lipinski definition) is 2. The zero-order chi connectivity index (χ0) is 10.3. The van der Waals surface area contributed by atoms with Crippen molar-refractivity contribution in [3.63, 3.8) is 0 Å². The highest BCUT2D eigenvalue weighted by atomic mass is 79.9. The molecule has 4 nitrogen and oxygen atoms in total. The SMILES string of the molecule is Nc1nc(C2(C(=O)O)CCC2)c(Br)s1. The number of rotatable bonds is 2. The van der Waals surface area contributed by atoms with E-state index in [0.29, 0.717) is 23.7 Å². The first-order valence-corrected chi connectivity index (χ1v) is 5.83. The van der Waals surface area contributed by atoms with E-state index in [-0.39, 0.29) is 0 Å². The minimum absolute atomic E-state index is 0.416. The third-order valence-electron chi connectivity index (χ3n) is 2.67. The Kier molecular flexibility index (Phi) is 2.27. The molecule has 0 radical (unpaired) electrons. The van der Waals surface area contributed by atoms with Crippen LogP contribution in [0.1, 0.15) is 25.0 Å². The molecule has 6 heteroatoms. The molecule has 0 atom stereocenters. The molecule has 14 heavy (non-hydrogen) atoms. The lowest BCUT2D eigenvalue weighted by molar-refractivity contribution is -0.147. The standard InChI is InChI=1S/C8H9BrN2O2S/c9-5-4(11-7(10)14-5)8(6(12)13)2-1-3-8/h1-3H2,(H2,10,11)(H,12,13). The van der Waals surface area contributed by atoms with Crippen LogP contribution in [0.4, 0.5) is 5.13 Å². The summed E-state index contributed by atoms with van der Waals surface area (Å²) < 4.78 is 0.747. The highest BCUT2D eigenvalue weighted by Crippen LogP contribution is 2.47. The Hall–Kier alpha value is -0.620. The van der Waals surface area contributed by atoms with Crippen LogP contribution in [-0.2, 0) is 10.2 Å². The van der Waals surface area contributed by atoms with E-state index < -0.39 is 11.4 Å². The Balaban J connectivity index is 2.46. The average Bonchev–Trinajstić information content (AvgIpc) is 2.27. The van der Waals surface area contributed by atoms with Crippen LogP contribution in [0.15, 0.2) is 3.79 Å². The smallest absolute Gasteiger partial charge is 0.315 e. The van der Waals surface area contributed by atoms with Gasteiger partial charge in [-0.3, -0.25) is 4.79 Å². The summed E-state index contributed by atoms with van der Waals surface area (Å²) in [5.41, 5.74) is 5.35. The molecule has 76 valence electrons. The monoisotopic (exact) mass is 276 g/mol. The first-order chi connectivity index (χ1) is 6.56. The fourth-order valence-corrected chi connectivity index (χ4v) is 3.32. The summed E-state index contributed by atoms with van der Waals surface area (Å²) >= 11 is 4.59. The maximum Gasteiger partial charge on any atom is 0.315 e. The van der Waals surface area contributed by atoms with Gasteiger partial charge in [0.25, 0.3) is 0 Å². The number of anilines is 1. The van der Waals surface area contributed by atoms with Crippen LogP contribution in [0.2, 0.25) is 0 Å². The van der Waals surface area contributed by atoms with Gasteiger partial charge in [-0.25, -0.2) is 4.98 Å². The van der Waals surface area contributed by atoms with Gasteiger partial charge >= 0.3 is 5.97 Å². The summed E-state index contributed by atoms with van der Waals surface area (Å²) in [7, 11) is 0. The number of carbonyl (C=O) groups is 1. The van der Waals surface area contributed by atoms with E-state index in [0.717, 1.165) is 10.2 Å². The molecule has 1 heterocycles. The summed E-state index contributed by atoms with van der Waals surface area (Å²) in [6.07, 6.45) is 2.25. The van der Waals surface area contributed by atoms with Crippen LogP contribution in [0.3, 0.4) is 0 Å². The lowest BCUT2D eigenvalue weighted by Crippen LogP contribution is -2.42. The van der Waals surface area contributed by atoms with E-state index in [9.17, 15) is 9.90 Å². The Bertz CT molecular complexity index is 387. The van der Waals surface area contributed by atoms with Gasteiger partial charge in [0.05, 0.1) is 9.48 Å². The lowest BCUT2D eigenvalue weighted by atomic mass is 9.67. The van der Waals surface area contributed by atoms with Gasteiger partial charge < -0.3 is 10.8 Å². The van der Waals surface area contributed by atoms with Crippen LogP contribution in [0.25, 0.3) is 0 Å². The zero-order valence-corrected chi connectivity index (χ0v) is 9.69. The zero-order valence-electron chi connectivity index (χ0n) is 7.29. The van der Waals surface area contributed by atoms with Crippen molar-refractivity contribution in [3.8, 4) is 0 Å². The molecule has 1 aromatic rings. The molecule has 1 fully saturated rings. The molecule has 0 saturated heterocycles. The van der Waals surface area contributed by atoms with Gasteiger partial charge in [-0.1, -0.05) is 17.8 Å². The fraction of sp³-hybridized carbons (Fsp3) is 0.500. The van der Waals surface area contributed by atoms with Gasteiger partial charge in [0.1, 0.15) is 5.41 Å². The van der Waals surface area contributed by atoms with Crippen LogP contribution < -0.4 is 5.73 Å². The van der Waals surface area contributed by atoms with E-state index in [1.807, 2.05) is 0 Å². The topological polar surface area (TPSA) is 76.2 Å². The molecule has 0 spiro atoms. The minimum atomic E-state index is -0.797. The maximum atomic E-state index is 11.2. The summed E-state index contributed by atoms with van der Waals surface area (Å²) in [4.78, 5) is 15.3. The Morgan fingerprint density at radius 3 is 2.57 bits per heavy atom. The molecular weight excluding hydrogens is 268 g/mol. The van der Waals surface area contributed by atoms with Crippen molar-refractivity contribution in [1.29, 1.82) is 0 Å². The number of thiazole rings is 1. The molecule has 1 aromatic heterocycles. The first-order valence-electron chi connectivity index (χ1n) is 4.22. The Labute approximate surface area is 93.3 Å². The number of carboxylic acid groups (broad SMARTS) is 1. The number of aliphatic carboxylic acids is 1. The van der Waals surface area contributed by atoms with Gasteiger partial charge in [-0.05, 0) is 28.8 Å². The third-order valence-corrected chi connectivity index (χ3v) is 4.21. The van der Waals surface area contributed by atoms with Crippen LogP contribution in [-0.4, -0.2) is 16.1 Å². The number of carboxylic acids is 1. The van der Waals surface area contributed by atoms with Gasteiger partial charge in [-0.2, -0.15) is 0 Å². The van der Waals surface area contributed by atoms with E-state index in [4.69, 9.17) is 5.73 Å². The fourth-order valence-electron chi connectivity index (χ4n) is 1.69. The highest BCUT2D eigenvalue weighted by molar-refractivity contribution is 9.11. The molecule has 0 amide bonds. The first kappa shape index (κ1) is 9.92. The Morgan fingerprint density at radius 2 is 2.29 bits per heavy atom. The number of halogens is 1. The van der Waals surface area contributed by atoms with E-state index in [1.165, 1.54) is 11.3 Å². The van der Waals surface area contributed by atoms with Crippen molar-refractivity contribution in [3.05, 3.63) is 9.48 Å². The number of aromatic nitrogens is 1. The van der Waals surface area contributed by atoms with Crippen molar-refractivity contribution >= 4 is 38.4 Å². The Morgan fingerprint density at radius 1 is 1.64 bits per heavy atom. The van der Waals surface area contributed by atoms with Crippen LogP contribution in [0, 0.1) is 0 Å². The summed E-state index contributed by atoms with van der Waals surface area (Å²) in [6, 6.07) is 0. The highest BCUT2D eigenvalue weighted by Gasteiger charge is 2.49. The molecule has 0 aliphatic heterocycles. The normalized spacial score (nSPS) is 18.9. The van der Waals surface area contributed by atoms with Gasteiger partial charge in [0, 0.05) is 0 Å². The second-order valence-corrected chi connectivity index (χ2v) is 5.76. The minimum Gasteiger partial charge on any atom is -0.481 e. The quantitative estimate of drug-likeness (QED) is 0.866. The molecule has 0 aromatic carbocycles. The molecular formula is C8H9BrN2O2S. The largest absolute Gasteiger partial charge is 0.481 e. The van der Waals surface area contributed by atoms with Gasteiger partial charge in [0.15, 0.2) is 5.13 Å². The summed E-state index contributed by atoms with van der Waals surface area (Å²) in [5, 5.41) is 9.59. The van der Waals surface area contributed by atoms with Crippen LogP contribution >= 0.6 is 27.3 Å². The number of nitrogens with two attached hydrogens (primary N) is 1. The molecule has 1 aliphatic carbocycles. The molecule has 2 rings (SSSR count). The van der Waals surface area contributed by atoms with Gasteiger partial charge in [-0.15, -0.1) is 0 Å². The van der Waals surface area contributed by atoms with E-state index >= 15 is 0 Å². The number of nitrogens with zero attached hydrogens (tertiary/aromatic N) is 1. The van der Waals surface area contributed by atoms with Crippen molar-refractivity contribution in [2.24, 2.45) is 0 Å². The predicted molar refractivity (Wildman–Crippen MR) is 57.4 cm³/mol. The molecule has 0 bridgehead atoms. The molecule has 0 unspecified atom stereocenters. The molecule has 3 N–H and O–H groups in total. The second-order valence-electron chi connectivity index (χ2n) is 3.42. The van der Waals surface area contributed by atoms with Crippen molar-refractivity contribution in [1.82, 2.24) is 4.98 Å². The summed E-state index contributed by atoms with van der Waals surface area (Å²) in [5.74, 6) is -0.797. The predicted octanol–water partition coefficient (Wildman–Crippen LogP) is 1.99. The average molecular weight is 277 g/mol. The molecule has 1 saturated carbocycles. The number of nitrogen functional groups attached to an aromatic ring is 1. The van der Waals surface area contributed by atoms with Crippen molar-refractivity contribution in [2.75, 3.05) is 5.73 Å². The second kappa shape index (κ2) is 3.20. The molecule has 1 aliphatic rings. The maximum absolute atomic E-state index is 11.2. The lowest BCUT2D eigenvalue weighted by Gasteiger charge is -2.36. The van der Waals surface area contributed by atoms with E-state index in [1.54, 1.807) is 0 Å². The van der Waals surface area contributed by atoms with Crippen molar-refractivity contribution < 1.29 is 9.90 Å².